The molecule has 0 saturated carbocycles. The Labute approximate surface area is 132 Å². The van der Waals surface area contributed by atoms with Crippen molar-refractivity contribution in [1.29, 1.82) is 0 Å². The minimum Gasteiger partial charge on any atom is -0.370 e. The predicted octanol–water partition coefficient (Wildman–Crippen LogP) is -0.548. The fraction of sp³-hybridized carbons (Fsp3) is 0.786. The van der Waals surface area contributed by atoms with Crippen LogP contribution in [0.25, 0.3) is 0 Å². The minimum absolute atomic E-state index is 0.606. The van der Waals surface area contributed by atoms with Gasteiger partial charge in [0.15, 0.2) is 0 Å². The fourth-order valence-electron chi connectivity index (χ4n) is 2.38. The van der Waals surface area contributed by atoms with Crippen LogP contribution in [0.4, 0.5) is 17.8 Å². The van der Waals surface area contributed by atoms with E-state index in [1.807, 2.05) is 13.8 Å². The molecule has 0 aromatic carbocycles. The van der Waals surface area contributed by atoms with Gasteiger partial charge in [0.2, 0.25) is 17.8 Å². The Kier molecular flexibility index (Phi) is 7.11. The third-order valence-corrected chi connectivity index (χ3v) is 3.50. The summed E-state index contributed by atoms with van der Waals surface area (Å²) in [4.78, 5) is 14.7. The summed E-state index contributed by atoms with van der Waals surface area (Å²) in [5, 5.41) is 9.55. The van der Waals surface area contributed by atoms with Crippen molar-refractivity contribution in [2.24, 2.45) is 0 Å². The Morgan fingerprint density at radius 1 is 0.909 bits per heavy atom. The maximum Gasteiger partial charge on any atom is 0.229 e. The van der Waals surface area contributed by atoms with Crippen LogP contribution in [0.2, 0.25) is 0 Å². The van der Waals surface area contributed by atoms with Gasteiger partial charge in [0.25, 0.3) is 0 Å². The van der Waals surface area contributed by atoms with Gasteiger partial charge in [-0.1, -0.05) is 0 Å². The fourth-order valence-corrected chi connectivity index (χ4v) is 2.38. The van der Waals surface area contributed by atoms with E-state index in [1.165, 1.54) is 0 Å². The number of quaternary nitrogens is 1. The molecule has 2 rings (SSSR count). The second-order valence-electron chi connectivity index (χ2n) is 5.26. The summed E-state index contributed by atoms with van der Waals surface area (Å²) in [6.45, 7) is 11.6. The van der Waals surface area contributed by atoms with Gasteiger partial charge < -0.3 is 25.6 Å². The molecule has 1 fully saturated rings. The first-order valence-electron chi connectivity index (χ1n) is 8.20. The monoisotopic (exact) mass is 310 g/mol. The molecule has 4 N–H and O–H groups in total. The van der Waals surface area contributed by atoms with Crippen LogP contribution in [0.3, 0.4) is 0 Å². The van der Waals surface area contributed by atoms with Crippen LogP contribution in [0, 0.1) is 0 Å². The van der Waals surface area contributed by atoms with Crippen LogP contribution in [-0.2, 0) is 4.74 Å². The lowest BCUT2D eigenvalue weighted by Gasteiger charge is -2.23. The molecule has 8 heteroatoms. The molecule has 0 bridgehead atoms. The van der Waals surface area contributed by atoms with Crippen molar-refractivity contribution in [3.05, 3.63) is 0 Å². The van der Waals surface area contributed by atoms with Crippen LogP contribution in [-0.4, -0.2) is 67.4 Å². The Morgan fingerprint density at radius 2 is 1.45 bits per heavy atom. The van der Waals surface area contributed by atoms with Crippen LogP contribution in [0.5, 0.6) is 0 Å². The number of ether oxygens (including phenoxy) is 1. The molecule has 0 radical (unpaired) electrons. The number of rotatable bonds is 9. The molecule has 0 atom stereocenters. The van der Waals surface area contributed by atoms with Crippen molar-refractivity contribution < 1.29 is 9.64 Å². The summed E-state index contributed by atoms with van der Waals surface area (Å²) in [7, 11) is 0. The van der Waals surface area contributed by atoms with E-state index >= 15 is 0 Å². The van der Waals surface area contributed by atoms with E-state index in [9.17, 15) is 0 Å². The minimum atomic E-state index is 0.606. The molecule has 22 heavy (non-hydrogen) atoms. The van der Waals surface area contributed by atoms with Crippen molar-refractivity contribution >= 4 is 17.8 Å². The summed E-state index contributed by atoms with van der Waals surface area (Å²) in [6.07, 6.45) is 1.09. The molecule has 1 aromatic rings. The summed E-state index contributed by atoms with van der Waals surface area (Å²) in [5.74, 6) is 1.84. The lowest BCUT2D eigenvalue weighted by atomic mass is 10.3. The summed E-state index contributed by atoms with van der Waals surface area (Å²) in [6, 6.07) is 0. The predicted molar refractivity (Wildman–Crippen MR) is 87.6 cm³/mol. The molecule has 0 aliphatic carbocycles. The molecule has 8 nitrogen and oxygen atoms in total. The number of morpholine rings is 1. The highest BCUT2D eigenvalue weighted by Crippen LogP contribution is 2.08. The van der Waals surface area contributed by atoms with Crippen LogP contribution in [0.15, 0.2) is 0 Å². The number of aromatic nitrogens is 3. The zero-order valence-electron chi connectivity index (χ0n) is 13.6. The zero-order valence-corrected chi connectivity index (χ0v) is 13.6. The molecule has 124 valence electrons. The number of nitrogens with one attached hydrogen (secondary N) is 4. The van der Waals surface area contributed by atoms with Crippen molar-refractivity contribution in [2.45, 2.75) is 20.3 Å². The number of hydrogen-bond donors (Lipinski definition) is 4. The first-order chi connectivity index (χ1) is 10.8. The molecule has 1 aromatic heterocycles. The van der Waals surface area contributed by atoms with Gasteiger partial charge >= 0.3 is 0 Å². The van der Waals surface area contributed by atoms with Crippen LogP contribution in [0.1, 0.15) is 20.3 Å². The molecule has 1 aliphatic heterocycles. The molecule has 0 unspecified atom stereocenters. The van der Waals surface area contributed by atoms with E-state index in [4.69, 9.17) is 4.74 Å². The highest BCUT2D eigenvalue weighted by Gasteiger charge is 2.13. The van der Waals surface area contributed by atoms with E-state index in [0.29, 0.717) is 17.8 Å². The first-order valence-corrected chi connectivity index (χ1v) is 8.20. The maximum absolute atomic E-state index is 5.37. The Bertz CT molecular complexity index is 413. The Hall–Kier alpha value is -1.67. The number of anilines is 3. The maximum atomic E-state index is 5.37. The van der Waals surface area contributed by atoms with Gasteiger partial charge in [0.05, 0.1) is 19.8 Å². The second-order valence-corrected chi connectivity index (χ2v) is 5.26. The molecule has 1 aliphatic rings. The van der Waals surface area contributed by atoms with E-state index in [1.54, 1.807) is 4.90 Å². The standard InChI is InChI=1S/C14H27N7O/c1-3-15-12-18-13(16-4-2)20-14(19-12)17-6-5-7-21-8-10-22-11-9-21/h3-11H2,1-2H3,(H3,15,16,17,18,19,20)/p+1. The lowest BCUT2D eigenvalue weighted by molar-refractivity contribution is -0.908. The smallest absolute Gasteiger partial charge is 0.229 e. The van der Waals surface area contributed by atoms with Crippen molar-refractivity contribution in [2.75, 3.05) is 68.4 Å². The molecule has 0 spiro atoms. The van der Waals surface area contributed by atoms with Crippen LogP contribution >= 0.6 is 0 Å². The quantitative estimate of drug-likeness (QED) is 0.455. The third-order valence-electron chi connectivity index (χ3n) is 3.50. The van der Waals surface area contributed by atoms with Gasteiger partial charge in [0, 0.05) is 26.1 Å². The second kappa shape index (κ2) is 9.37. The highest BCUT2D eigenvalue weighted by molar-refractivity contribution is 5.41. The van der Waals surface area contributed by atoms with Gasteiger partial charge in [-0.25, -0.2) is 0 Å². The number of nitrogens with zero attached hydrogens (tertiary/aromatic N) is 3. The normalized spacial score (nSPS) is 15.5. The molecule has 0 amide bonds. The van der Waals surface area contributed by atoms with E-state index in [0.717, 1.165) is 58.9 Å². The van der Waals surface area contributed by atoms with Gasteiger partial charge in [0.1, 0.15) is 13.1 Å². The molecular weight excluding hydrogens is 282 g/mol. The van der Waals surface area contributed by atoms with Gasteiger partial charge in [-0.05, 0) is 13.8 Å². The van der Waals surface area contributed by atoms with Crippen molar-refractivity contribution in [3.8, 4) is 0 Å². The highest BCUT2D eigenvalue weighted by atomic mass is 16.5. The third kappa shape index (κ3) is 5.61. The Balaban J connectivity index is 1.79. The summed E-state index contributed by atoms with van der Waals surface area (Å²) in [5.41, 5.74) is 0. The summed E-state index contributed by atoms with van der Waals surface area (Å²) < 4.78 is 5.37. The van der Waals surface area contributed by atoms with E-state index in [2.05, 4.69) is 30.9 Å². The van der Waals surface area contributed by atoms with Crippen molar-refractivity contribution in [3.63, 3.8) is 0 Å². The average Bonchev–Trinajstić information content (AvgIpc) is 2.53. The van der Waals surface area contributed by atoms with Crippen LogP contribution < -0.4 is 20.9 Å². The molecule has 2 heterocycles. The largest absolute Gasteiger partial charge is 0.370 e. The summed E-state index contributed by atoms with van der Waals surface area (Å²) >= 11 is 0. The topological polar surface area (TPSA) is 88.4 Å². The molecule has 1 saturated heterocycles. The van der Waals surface area contributed by atoms with Gasteiger partial charge in [-0.3, -0.25) is 0 Å². The Morgan fingerprint density at radius 3 is 2.00 bits per heavy atom. The van der Waals surface area contributed by atoms with Crippen molar-refractivity contribution in [1.82, 2.24) is 15.0 Å². The van der Waals surface area contributed by atoms with E-state index < -0.39 is 0 Å². The first kappa shape index (κ1) is 16.7. The van der Waals surface area contributed by atoms with Gasteiger partial charge in [-0.2, -0.15) is 15.0 Å². The van der Waals surface area contributed by atoms with E-state index in [-0.39, 0.29) is 0 Å². The SMILES string of the molecule is CCNc1nc(NCC)nc(NCCC[NH+]2CCOCC2)n1. The average molecular weight is 310 g/mol. The lowest BCUT2D eigenvalue weighted by Crippen LogP contribution is -3.14. The van der Waals surface area contributed by atoms with Gasteiger partial charge in [-0.15, -0.1) is 0 Å². The zero-order chi connectivity index (χ0) is 15.6. The molecular formula is C14H28N7O+. The number of hydrogen-bond acceptors (Lipinski definition) is 7.